The summed E-state index contributed by atoms with van der Waals surface area (Å²) in [4.78, 5) is 13.7. The van der Waals surface area contributed by atoms with E-state index in [0.717, 1.165) is 18.7 Å². The van der Waals surface area contributed by atoms with E-state index in [2.05, 4.69) is 27.5 Å². The van der Waals surface area contributed by atoms with Gasteiger partial charge in [0.1, 0.15) is 6.61 Å². The van der Waals surface area contributed by atoms with Crippen LogP contribution in [0.5, 0.6) is 0 Å². The summed E-state index contributed by atoms with van der Waals surface area (Å²) in [6, 6.07) is 9.86. The Morgan fingerprint density at radius 1 is 1.39 bits per heavy atom. The minimum absolute atomic E-state index is 0.160. The van der Waals surface area contributed by atoms with Crippen molar-refractivity contribution in [2.75, 3.05) is 19.6 Å². The lowest BCUT2D eigenvalue weighted by Gasteiger charge is -2.13. The van der Waals surface area contributed by atoms with Gasteiger partial charge in [-0.15, -0.1) is 0 Å². The number of rotatable bonds is 4. The molecule has 0 bridgehead atoms. The summed E-state index contributed by atoms with van der Waals surface area (Å²) in [5.74, 6) is -0.184. The highest BCUT2D eigenvalue weighted by Crippen LogP contribution is 2.16. The van der Waals surface area contributed by atoms with E-state index in [1.54, 1.807) is 0 Å². The van der Waals surface area contributed by atoms with E-state index >= 15 is 0 Å². The molecule has 0 amide bonds. The summed E-state index contributed by atoms with van der Waals surface area (Å²) in [6.45, 7) is 2.31. The molecular weight excluding hydrogens is 343 g/mol. The van der Waals surface area contributed by atoms with E-state index < -0.39 is 0 Å². The van der Waals surface area contributed by atoms with Crippen LogP contribution in [0.1, 0.15) is 5.56 Å². The first-order valence-electron chi connectivity index (χ1n) is 5.96. The molecule has 1 aromatic carbocycles. The molecule has 98 valence electrons. The number of halogens is 1. The molecule has 2 N–H and O–H groups in total. The fourth-order valence-electron chi connectivity index (χ4n) is 1.96. The van der Waals surface area contributed by atoms with Crippen molar-refractivity contribution in [1.29, 1.82) is 0 Å². The van der Waals surface area contributed by atoms with Crippen LogP contribution in [0.3, 0.4) is 0 Å². The number of hydrogen-bond acceptors (Lipinski definition) is 4. The van der Waals surface area contributed by atoms with Crippen molar-refractivity contribution in [2.45, 2.75) is 16.6 Å². The predicted molar refractivity (Wildman–Crippen MR) is 78.5 cm³/mol. The number of likely N-dealkylation sites (tertiary alicyclic amines) is 1. The number of nitrogens with two attached hydrogens (primary N) is 1. The van der Waals surface area contributed by atoms with Gasteiger partial charge in [0.05, 0.1) is 6.54 Å². The van der Waals surface area contributed by atoms with Gasteiger partial charge in [-0.25, -0.2) is 0 Å². The second kappa shape index (κ2) is 6.49. The molecule has 0 radical (unpaired) electrons. The molecule has 1 heterocycles. The van der Waals surface area contributed by atoms with E-state index in [4.69, 9.17) is 10.5 Å². The maximum atomic E-state index is 11.7. The van der Waals surface area contributed by atoms with Gasteiger partial charge in [-0.05, 0) is 5.56 Å². The van der Waals surface area contributed by atoms with Gasteiger partial charge in [0.25, 0.3) is 0 Å². The maximum Gasteiger partial charge on any atom is 0.320 e. The van der Waals surface area contributed by atoms with Crippen LogP contribution in [-0.2, 0) is 16.1 Å². The molecule has 2 atom stereocenters. The molecule has 1 aromatic rings. The Kier molecular flexibility index (Phi) is 4.96. The third kappa shape index (κ3) is 3.93. The van der Waals surface area contributed by atoms with E-state index in [0.29, 0.717) is 17.1 Å². The first-order chi connectivity index (χ1) is 8.65. The minimum Gasteiger partial charge on any atom is -0.460 e. The summed E-state index contributed by atoms with van der Waals surface area (Å²) < 4.78 is 5.66. The van der Waals surface area contributed by atoms with Crippen LogP contribution in [-0.4, -0.2) is 40.5 Å². The Balaban J connectivity index is 1.73. The van der Waals surface area contributed by atoms with Gasteiger partial charge in [-0.2, -0.15) is 0 Å². The van der Waals surface area contributed by atoms with Crippen molar-refractivity contribution in [3.05, 3.63) is 35.9 Å². The largest absolute Gasteiger partial charge is 0.460 e. The lowest BCUT2D eigenvalue weighted by atomic mass is 10.2. The Hall–Kier alpha value is -0.660. The fourth-order valence-corrected chi connectivity index (χ4v) is 2.75. The standard InChI is InChI=1S/C13H17IN2O2/c14-11-6-16(7-12(11)15)8-13(17)18-9-10-4-2-1-3-5-10/h1-5,11-12H,6-9,15H2. The van der Waals surface area contributed by atoms with E-state index in [1.807, 2.05) is 30.3 Å². The summed E-state index contributed by atoms with van der Waals surface area (Å²) in [5, 5.41) is 0. The van der Waals surface area contributed by atoms with E-state index in [1.165, 1.54) is 0 Å². The number of alkyl halides is 1. The van der Waals surface area contributed by atoms with Gasteiger partial charge in [-0.3, -0.25) is 9.69 Å². The molecular formula is C13H17IN2O2. The molecule has 0 spiro atoms. The molecule has 1 saturated heterocycles. The van der Waals surface area contributed by atoms with Crippen molar-refractivity contribution >= 4 is 28.6 Å². The number of hydrogen-bond donors (Lipinski definition) is 1. The molecule has 4 nitrogen and oxygen atoms in total. The molecule has 1 fully saturated rings. The molecule has 2 rings (SSSR count). The fraction of sp³-hybridized carbons (Fsp3) is 0.462. The number of ether oxygens (including phenoxy) is 1. The second-order valence-electron chi connectivity index (χ2n) is 4.52. The average molecular weight is 360 g/mol. The quantitative estimate of drug-likeness (QED) is 0.498. The second-order valence-corrected chi connectivity index (χ2v) is 6.12. The zero-order valence-corrected chi connectivity index (χ0v) is 12.2. The van der Waals surface area contributed by atoms with Crippen LogP contribution in [0.4, 0.5) is 0 Å². The van der Waals surface area contributed by atoms with Crippen LogP contribution < -0.4 is 5.73 Å². The van der Waals surface area contributed by atoms with Gasteiger partial charge in [-0.1, -0.05) is 52.9 Å². The molecule has 2 unspecified atom stereocenters. The van der Waals surface area contributed by atoms with Crippen LogP contribution in [0.15, 0.2) is 30.3 Å². The zero-order chi connectivity index (χ0) is 13.0. The number of nitrogens with zero attached hydrogens (tertiary/aromatic N) is 1. The van der Waals surface area contributed by atoms with Gasteiger partial charge >= 0.3 is 5.97 Å². The van der Waals surface area contributed by atoms with Crippen LogP contribution in [0.25, 0.3) is 0 Å². The lowest BCUT2D eigenvalue weighted by Crippen LogP contribution is -2.32. The molecule has 1 aliphatic rings. The van der Waals surface area contributed by atoms with Crippen molar-refractivity contribution in [3.63, 3.8) is 0 Å². The Bertz CT molecular complexity index is 389. The third-order valence-electron chi connectivity index (χ3n) is 2.96. The zero-order valence-electron chi connectivity index (χ0n) is 10.1. The summed E-state index contributed by atoms with van der Waals surface area (Å²) in [7, 11) is 0. The molecule has 1 aliphatic heterocycles. The van der Waals surface area contributed by atoms with Crippen molar-refractivity contribution < 1.29 is 9.53 Å². The van der Waals surface area contributed by atoms with Crippen LogP contribution >= 0.6 is 22.6 Å². The van der Waals surface area contributed by atoms with E-state index in [-0.39, 0.29) is 12.0 Å². The molecule has 5 heteroatoms. The van der Waals surface area contributed by atoms with E-state index in [9.17, 15) is 4.79 Å². The molecule has 0 saturated carbocycles. The number of esters is 1. The van der Waals surface area contributed by atoms with Gasteiger partial charge < -0.3 is 10.5 Å². The minimum atomic E-state index is -0.184. The summed E-state index contributed by atoms with van der Waals surface area (Å²) >= 11 is 2.33. The normalized spacial score (nSPS) is 24.1. The maximum absolute atomic E-state index is 11.7. The van der Waals surface area contributed by atoms with Crippen LogP contribution in [0, 0.1) is 0 Å². The van der Waals surface area contributed by atoms with Crippen LogP contribution in [0.2, 0.25) is 0 Å². The number of benzene rings is 1. The van der Waals surface area contributed by atoms with Gasteiger partial charge in [0, 0.05) is 23.1 Å². The Labute approximate surface area is 121 Å². The highest BCUT2D eigenvalue weighted by atomic mass is 127. The summed E-state index contributed by atoms with van der Waals surface area (Å²) in [5.41, 5.74) is 6.92. The van der Waals surface area contributed by atoms with Crippen molar-refractivity contribution in [2.24, 2.45) is 5.73 Å². The topological polar surface area (TPSA) is 55.6 Å². The monoisotopic (exact) mass is 360 g/mol. The summed E-state index contributed by atoms with van der Waals surface area (Å²) in [6.07, 6.45) is 0. The Morgan fingerprint density at radius 3 is 2.72 bits per heavy atom. The third-order valence-corrected chi connectivity index (χ3v) is 4.28. The number of carbonyl (C=O) groups excluding carboxylic acids is 1. The molecule has 0 aromatic heterocycles. The first kappa shape index (κ1) is 13.8. The molecule has 18 heavy (non-hydrogen) atoms. The predicted octanol–water partition coefficient (Wildman–Crippen LogP) is 1.18. The molecule has 0 aliphatic carbocycles. The Morgan fingerprint density at radius 2 is 2.11 bits per heavy atom. The lowest BCUT2D eigenvalue weighted by molar-refractivity contribution is -0.146. The smallest absolute Gasteiger partial charge is 0.320 e. The number of carbonyl (C=O) groups is 1. The first-order valence-corrected chi connectivity index (χ1v) is 7.21. The van der Waals surface area contributed by atoms with Gasteiger partial charge in [0.2, 0.25) is 0 Å². The highest BCUT2D eigenvalue weighted by Gasteiger charge is 2.29. The van der Waals surface area contributed by atoms with Gasteiger partial charge in [0.15, 0.2) is 0 Å². The SMILES string of the molecule is NC1CN(CC(=O)OCc2ccccc2)CC1I. The van der Waals surface area contributed by atoms with Crippen molar-refractivity contribution in [1.82, 2.24) is 4.90 Å². The average Bonchev–Trinajstić information content (AvgIpc) is 2.67. The highest BCUT2D eigenvalue weighted by molar-refractivity contribution is 14.1. The van der Waals surface area contributed by atoms with Crippen molar-refractivity contribution in [3.8, 4) is 0 Å².